The molecule has 0 saturated heterocycles. The number of carbonyl (C=O) groups excluding carboxylic acids is 1. The van der Waals surface area contributed by atoms with E-state index >= 15 is 0 Å². The van der Waals surface area contributed by atoms with E-state index in [1.165, 1.54) is 12.1 Å². The Morgan fingerprint density at radius 2 is 1.68 bits per heavy atom. The summed E-state index contributed by atoms with van der Waals surface area (Å²) in [6.45, 7) is 4.31. The maximum atomic E-state index is 13.0. The molecule has 0 heterocycles. The number of benzene rings is 2. The van der Waals surface area contributed by atoms with Crippen molar-refractivity contribution >= 4 is 21.6 Å². The van der Waals surface area contributed by atoms with E-state index in [1.807, 2.05) is 6.92 Å². The normalized spacial score (nSPS) is 11.0. The van der Waals surface area contributed by atoms with Crippen LogP contribution in [0.2, 0.25) is 0 Å². The topological polar surface area (TPSA) is 75.7 Å². The van der Waals surface area contributed by atoms with Crippen LogP contribution >= 0.6 is 0 Å². The van der Waals surface area contributed by atoms with Gasteiger partial charge in [-0.05, 0) is 50.2 Å². The van der Waals surface area contributed by atoms with Crippen LogP contribution in [0, 0.1) is 0 Å². The number of likely N-dealkylation sites (N-methyl/N-ethyl adjacent to an activating group) is 1. The zero-order valence-corrected chi connectivity index (χ0v) is 15.1. The fourth-order valence-corrected chi connectivity index (χ4v) is 3.74. The molecule has 1 N–H and O–H groups in total. The Hall–Kier alpha value is -2.54. The Morgan fingerprint density at radius 3 is 2.24 bits per heavy atom. The van der Waals surface area contributed by atoms with E-state index in [2.05, 4.69) is 5.32 Å². The van der Waals surface area contributed by atoms with E-state index < -0.39 is 10.0 Å². The molecule has 0 aliphatic heterocycles. The molecule has 0 spiro atoms. The SMILES string of the molecule is CCNC(=O)CN(c1ccc(OCC)cc1)S(=O)(=O)c1ccccc1. The van der Waals surface area contributed by atoms with Gasteiger partial charge in [0.05, 0.1) is 17.2 Å². The second-order valence-electron chi connectivity index (χ2n) is 5.21. The summed E-state index contributed by atoms with van der Waals surface area (Å²) < 4.78 is 32.5. The zero-order chi connectivity index (χ0) is 18.3. The van der Waals surface area contributed by atoms with Crippen LogP contribution in [0.5, 0.6) is 5.75 Å². The standard InChI is InChI=1S/C18H22N2O4S/c1-3-19-18(21)14-20(15-10-12-16(13-11-15)24-4-2)25(22,23)17-8-6-5-7-9-17/h5-13H,3-4,14H2,1-2H3,(H,19,21). The van der Waals surface area contributed by atoms with Crippen molar-refractivity contribution in [2.45, 2.75) is 18.7 Å². The minimum Gasteiger partial charge on any atom is -0.494 e. The quantitative estimate of drug-likeness (QED) is 0.782. The van der Waals surface area contributed by atoms with Crippen molar-refractivity contribution in [1.82, 2.24) is 5.32 Å². The molecule has 2 aromatic rings. The lowest BCUT2D eigenvalue weighted by molar-refractivity contribution is -0.119. The van der Waals surface area contributed by atoms with Gasteiger partial charge in [0.1, 0.15) is 12.3 Å². The number of hydrogen-bond donors (Lipinski definition) is 1. The van der Waals surface area contributed by atoms with Gasteiger partial charge in [-0.25, -0.2) is 8.42 Å². The summed E-state index contributed by atoms with van der Waals surface area (Å²) in [5.74, 6) is 0.275. The third kappa shape index (κ3) is 4.73. The first kappa shape index (κ1) is 18.8. The number of ether oxygens (including phenoxy) is 1. The predicted octanol–water partition coefficient (Wildman–Crippen LogP) is 2.42. The average molecular weight is 362 g/mol. The van der Waals surface area contributed by atoms with Gasteiger partial charge >= 0.3 is 0 Å². The van der Waals surface area contributed by atoms with Gasteiger partial charge in [-0.3, -0.25) is 9.10 Å². The molecule has 0 fully saturated rings. The van der Waals surface area contributed by atoms with Gasteiger partial charge in [-0.15, -0.1) is 0 Å². The van der Waals surface area contributed by atoms with E-state index in [4.69, 9.17) is 4.74 Å². The van der Waals surface area contributed by atoms with Crippen molar-refractivity contribution in [3.05, 3.63) is 54.6 Å². The third-order valence-electron chi connectivity index (χ3n) is 3.43. The maximum absolute atomic E-state index is 13.0. The fourth-order valence-electron chi connectivity index (χ4n) is 2.29. The summed E-state index contributed by atoms with van der Waals surface area (Å²) in [6.07, 6.45) is 0. The van der Waals surface area contributed by atoms with Gasteiger partial charge in [0.25, 0.3) is 10.0 Å². The number of nitrogens with zero attached hydrogens (tertiary/aromatic N) is 1. The van der Waals surface area contributed by atoms with Crippen LogP contribution in [-0.4, -0.2) is 34.0 Å². The first-order chi connectivity index (χ1) is 12.0. The Labute approximate surface area is 148 Å². The van der Waals surface area contributed by atoms with Gasteiger partial charge in [-0.2, -0.15) is 0 Å². The Balaban J connectivity index is 2.40. The Kier molecular flexibility index (Phi) is 6.41. The van der Waals surface area contributed by atoms with Gasteiger partial charge in [0.15, 0.2) is 0 Å². The summed E-state index contributed by atoms with van der Waals surface area (Å²) in [5.41, 5.74) is 0.401. The highest BCUT2D eigenvalue weighted by Gasteiger charge is 2.26. The van der Waals surface area contributed by atoms with Crippen molar-refractivity contribution in [1.29, 1.82) is 0 Å². The monoisotopic (exact) mass is 362 g/mol. The molecule has 0 radical (unpaired) electrons. The van der Waals surface area contributed by atoms with Crippen LogP contribution < -0.4 is 14.4 Å². The highest BCUT2D eigenvalue weighted by atomic mass is 32.2. The van der Waals surface area contributed by atoms with E-state index in [-0.39, 0.29) is 17.3 Å². The van der Waals surface area contributed by atoms with Crippen LogP contribution in [0.25, 0.3) is 0 Å². The van der Waals surface area contributed by atoms with Crippen LogP contribution in [-0.2, 0) is 14.8 Å². The largest absolute Gasteiger partial charge is 0.494 e. The molecule has 2 aromatic carbocycles. The van der Waals surface area contributed by atoms with Crippen molar-refractivity contribution in [2.24, 2.45) is 0 Å². The molecule has 7 heteroatoms. The maximum Gasteiger partial charge on any atom is 0.264 e. The van der Waals surface area contributed by atoms with Crippen LogP contribution in [0.3, 0.4) is 0 Å². The van der Waals surface area contributed by atoms with Gasteiger partial charge < -0.3 is 10.1 Å². The molecule has 0 unspecified atom stereocenters. The molecule has 0 aromatic heterocycles. The van der Waals surface area contributed by atoms with Gasteiger partial charge in [-0.1, -0.05) is 18.2 Å². The van der Waals surface area contributed by atoms with Crippen LogP contribution in [0.1, 0.15) is 13.8 Å². The lowest BCUT2D eigenvalue weighted by atomic mass is 10.3. The molecule has 0 bridgehead atoms. The van der Waals surface area contributed by atoms with Crippen LogP contribution in [0.4, 0.5) is 5.69 Å². The Morgan fingerprint density at radius 1 is 1.04 bits per heavy atom. The number of carbonyl (C=O) groups is 1. The molecule has 134 valence electrons. The fraction of sp³-hybridized carbons (Fsp3) is 0.278. The first-order valence-corrected chi connectivity index (χ1v) is 9.50. The van der Waals surface area contributed by atoms with Crippen LogP contribution in [0.15, 0.2) is 59.5 Å². The van der Waals surface area contributed by atoms with E-state index in [9.17, 15) is 13.2 Å². The number of amides is 1. The number of nitrogens with one attached hydrogen (secondary N) is 1. The van der Waals surface area contributed by atoms with Crippen molar-refractivity contribution in [2.75, 3.05) is 24.0 Å². The molecule has 0 saturated carbocycles. The minimum atomic E-state index is -3.86. The second-order valence-corrected chi connectivity index (χ2v) is 7.07. The minimum absolute atomic E-state index is 0.133. The highest BCUT2D eigenvalue weighted by Crippen LogP contribution is 2.25. The molecule has 25 heavy (non-hydrogen) atoms. The summed E-state index contributed by atoms with van der Waals surface area (Å²) in [5, 5.41) is 2.63. The van der Waals surface area contributed by atoms with Crippen molar-refractivity contribution < 1.29 is 17.9 Å². The van der Waals surface area contributed by atoms with E-state index in [0.717, 1.165) is 4.31 Å². The summed E-state index contributed by atoms with van der Waals surface area (Å²) in [7, 11) is -3.86. The summed E-state index contributed by atoms with van der Waals surface area (Å²) in [6, 6.07) is 14.7. The van der Waals surface area contributed by atoms with Crippen molar-refractivity contribution in [3.8, 4) is 5.75 Å². The molecule has 0 aliphatic rings. The predicted molar refractivity (Wildman–Crippen MR) is 97.3 cm³/mol. The molecule has 1 amide bonds. The summed E-state index contributed by atoms with van der Waals surface area (Å²) in [4.78, 5) is 12.2. The summed E-state index contributed by atoms with van der Waals surface area (Å²) >= 11 is 0. The second kappa shape index (κ2) is 8.53. The van der Waals surface area contributed by atoms with Gasteiger partial charge in [0.2, 0.25) is 5.91 Å². The third-order valence-corrected chi connectivity index (χ3v) is 5.22. The molecular weight excluding hydrogens is 340 g/mol. The molecule has 0 atom stereocenters. The molecular formula is C18H22N2O4S. The highest BCUT2D eigenvalue weighted by molar-refractivity contribution is 7.92. The molecule has 2 rings (SSSR count). The Bertz CT molecular complexity index is 790. The smallest absolute Gasteiger partial charge is 0.264 e. The number of rotatable bonds is 8. The number of anilines is 1. The number of sulfonamides is 1. The zero-order valence-electron chi connectivity index (χ0n) is 14.3. The average Bonchev–Trinajstić information content (AvgIpc) is 2.62. The lowest BCUT2D eigenvalue weighted by Crippen LogP contribution is -2.40. The lowest BCUT2D eigenvalue weighted by Gasteiger charge is -2.24. The van der Waals surface area contributed by atoms with Gasteiger partial charge in [0, 0.05) is 6.54 Å². The number of hydrogen-bond acceptors (Lipinski definition) is 4. The van der Waals surface area contributed by atoms with Crippen molar-refractivity contribution in [3.63, 3.8) is 0 Å². The van der Waals surface area contributed by atoms with E-state index in [1.54, 1.807) is 49.4 Å². The molecule has 0 aliphatic carbocycles. The molecule has 6 nitrogen and oxygen atoms in total. The first-order valence-electron chi connectivity index (χ1n) is 8.06. The van der Waals surface area contributed by atoms with E-state index in [0.29, 0.717) is 24.6 Å².